The number of aromatic nitrogens is 2. The standard InChI is InChI=1S/C27H28N4O2S2/c1-17-6-8-20(9-7-17)16-31-26(33)22(35-27(31)34)15-21-24(29-13-10-18(2)11-14-29)28-23-19(3)5-4-12-30(23)25(21)32/h4-9,12,15,18H,10-11,13-14,16H2,1-3H3. The highest BCUT2D eigenvalue weighted by molar-refractivity contribution is 8.26. The largest absolute Gasteiger partial charge is 0.356 e. The third-order valence-electron chi connectivity index (χ3n) is 6.76. The Labute approximate surface area is 214 Å². The van der Waals surface area contributed by atoms with Crippen molar-refractivity contribution in [2.24, 2.45) is 5.92 Å². The summed E-state index contributed by atoms with van der Waals surface area (Å²) in [7, 11) is 0. The lowest BCUT2D eigenvalue weighted by molar-refractivity contribution is -0.122. The molecule has 0 bridgehead atoms. The zero-order valence-electron chi connectivity index (χ0n) is 20.2. The number of rotatable bonds is 4. The molecule has 2 aliphatic heterocycles. The fourth-order valence-corrected chi connectivity index (χ4v) is 5.77. The lowest BCUT2D eigenvalue weighted by Gasteiger charge is -2.32. The monoisotopic (exact) mass is 504 g/mol. The Morgan fingerprint density at radius 2 is 1.83 bits per heavy atom. The molecule has 6 nitrogen and oxygen atoms in total. The van der Waals surface area contributed by atoms with E-state index in [0.29, 0.717) is 38.7 Å². The van der Waals surface area contributed by atoms with Crippen molar-refractivity contribution in [3.05, 3.63) is 80.1 Å². The van der Waals surface area contributed by atoms with Crippen LogP contribution in [-0.4, -0.2) is 37.6 Å². The van der Waals surface area contributed by atoms with Crippen molar-refractivity contribution in [3.63, 3.8) is 0 Å². The maximum atomic E-state index is 13.7. The van der Waals surface area contributed by atoms with Gasteiger partial charge < -0.3 is 4.90 Å². The smallest absolute Gasteiger partial charge is 0.267 e. The van der Waals surface area contributed by atoms with Gasteiger partial charge in [0.25, 0.3) is 11.5 Å². The van der Waals surface area contributed by atoms with Crippen molar-refractivity contribution >= 4 is 51.7 Å². The molecule has 0 saturated carbocycles. The molecule has 4 heterocycles. The predicted molar refractivity (Wildman–Crippen MR) is 147 cm³/mol. The number of nitrogens with zero attached hydrogens (tertiary/aromatic N) is 4. The van der Waals surface area contributed by atoms with Gasteiger partial charge in [-0.25, -0.2) is 4.98 Å². The summed E-state index contributed by atoms with van der Waals surface area (Å²) in [6, 6.07) is 11.9. The average Bonchev–Trinajstić information content (AvgIpc) is 3.10. The fraction of sp³-hybridized carbons (Fsp3) is 0.333. The zero-order valence-corrected chi connectivity index (χ0v) is 21.8. The quantitative estimate of drug-likeness (QED) is 0.370. The van der Waals surface area contributed by atoms with Gasteiger partial charge in [-0.2, -0.15) is 0 Å². The summed E-state index contributed by atoms with van der Waals surface area (Å²) in [6.45, 7) is 8.33. The van der Waals surface area contributed by atoms with E-state index in [4.69, 9.17) is 17.2 Å². The molecule has 0 unspecified atom stereocenters. The van der Waals surface area contributed by atoms with E-state index in [-0.39, 0.29) is 11.5 Å². The van der Waals surface area contributed by atoms with E-state index >= 15 is 0 Å². The van der Waals surface area contributed by atoms with Crippen LogP contribution in [0.25, 0.3) is 11.7 Å². The van der Waals surface area contributed by atoms with Crippen LogP contribution < -0.4 is 10.5 Å². The second-order valence-corrected chi connectivity index (χ2v) is 11.1. The second-order valence-electron chi connectivity index (χ2n) is 9.46. The van der Waals surface area contributed by atoms with Crippen LogP contribution in [-0.2, 0) is 11.3 Å². The van der Waals surface area contributed by atoms with E-state index in [1.54, 1.807) is 21.6 Å². The zero-order chi connectivity index (χ0) is 24.7. The maximum Gasteiger partial charge on any atom is 0.267 e. The number of hydrogen-bond donors (Lipinski definition) is 0. The highest BCUT2D eigenvalue weighted by Gasteiger charge is 2.33. The van der Waals surface area contributed by atoms with Crippen molar-refractivity contribution in [1.29, 1.82) is 0 Å². The number of hydrogen-bond acceptors (Lipinski definition) is 6. The molecular formula is C27H28N4O2S2. The summed E-state index contributed by atoms with van der Waals surface area (Å²) < 4.78 is 2.07. The number of thioether (sulfide) groups is 1. The Morgan fingerprint density at radius 3 is 2.54 bits per heavy atom. The number of amides is 1. The number of pyridine rings is 1. The van der Waals surface area contributed by atoms with Crippen molar-refractivity contribution in [2.45, 2.75) is 40.2 Å². The fourth-order valence-electron chi connectivity index (χ4n) is 4.53. The highest BCUT2D eigenvalue weighted by atomic mass is 32.2. The SMILES string of the molecule is Cc1ccc(CN2C(=O)C(=Cc3c(N4CCC(C)CC4)nc4c(C)cccn4c3=O)SC2=S)cc1. The van der Waals surface area contributed by atoms with Crippen LogP contribution in [0, 0.1) is 19.8 Å². The van der Waals surface area contributed by atoms with E-state index in [1.807, 2.05) is 50.2 Å². The van der Waals surface area contributed by atoms with Gasteiger partial charge in [-0.3, -0.25) is 18.9 Å². The van der Waals surface area contributed by atoms with Gasteiger partial charge in [-0.15, -0.1) is 0 Å². The molecule has 0 radical (unpaired) electrons. The Bertz CT molecular complexity index is 1400. The molecule has 0 aliphatic carbocycles. The number of benzene rings is 1. The molecule has 5 rings (SSSR count). The van der Waals surface area contributed by atoms with Crippen LogP contribution >= 0.6 is 24.0 Å². The Morgan fingerprint density at radius 1 is 1.11 bits per heavy atom. The summed E-state index contributed by atoms with van der Waals surface area (Å²) in [4.78, 5) is 36.2. The number of carbonyl (C=O) groups is 1. The Kier molecular flexibility index (Phi) is 6.51. The molecule has 8 heteroatoms. The van der Waals surface area contributed by atoms with Crippen molar-refractivity contribution in [2.75, 3.05) is 18.0 Å². The van der Waals surface area contributed by atoms with Gasteiger partial charge in [0.15, 0.2) is 0 Å². The molecule has 1 amide bonds. The van der Waals surface area contributed by atoms with Crippen LogP contribution in [0.15, 0.2) is 52.3 Å². The van der Waals surface area contributed by atoms with E-state index in [9.17, 15) is 9.59 Å². The molecule has 2 aliphatic rings. The van der Waals surface area contributed by atoms with Crippen LogP contribution in [0.5, 0.6) is 0 Å². The van der Waals surface area contributed by atoms with Gasteiger partial charge in [0.1, 0.15) is 15.8 Å². The minimum Gasteiger partial charge on any atom is -0.356 e. The number of piperidine rings is 1. The van der Waals surface area contributed by atoms with Crippen LogP contribution in [0.1, 0.15) is 42.0 Å². The predicted octanol–water partition coefficient (Wildman–Crippen LogP) is 4.95. The van der Waals surface area contributed by atoms with Crippen molar-refractivity contribution in [1.82, 2.24) is 14.3 Å². The number of anilines is 1. The van der Waals surface area contributed by atoms with Crippen molar-refractivity contribution < 1.29 is 4.79 Å². The summed E-state index contributed by atoms with van der Waals surface area (Å²) in [5.74, 6) is 1.13. The first-order valence-corrected chi connectivity index (χ1v) is 13.1. The molecular weight excluding hydrogens is 476 g/mol. The van der Waals surface area contributed by atoms with Gasteiger partial charge in [-0.05, 0) is 55.9 Å². The average molecular weight is 505 g/mol. The lowest BCUT2D eigenvalue weighted by atomic mass is 9.99. The Hall–Kier alpha value is -2.97. The van der Waals surface area contributed by atoms with Crippen LogP contribution in [0.2, 0.25) is 0 Å². The maximum absolute atomic E-state index is 13.7. The lowest BCUT2D eigenvalue weighted by Crippen LogP contribution is -2.36. The van der Waals surface area contributed by atoms with E-state index in [1.165, 1.54) is 11.8 Å². The summed E-state index contributed by atoms with van der Waals surface area (Å²) in [5, 5.41) is 0. The topological polar surface area (TPSA) is 57.9 Å². The van der Waals surface area contributed by atoms with E-state index in [2.05, 4.69) is 11.8 Å². The van der Waals surface area contributed by atoms with Gasteiger partial charge in [0, 0.05) is 19.3 Å². The number of fused-ring (bicyclic) bond motifs is 1. The summed E-state index contributed by atoms with van der Waals surface area (Å²) in [5.41, 5.74) is 4.04. The Balaban J connectivity index is 1.56. The molecule has 0 N–H and O–H groups in total. The molecule has 2 fully saturated rings. The third-order valence-corrected chi connectivity index (χ3v) is 8.14. The molecule has 2 aromatic heterocycles. The molecule has 180 valence electrons. The number of aryl methyl sites for hydroxylation is 2. The second kappa shape index (κ2) is 9.59. The minimum atomic E-state index is -0.174. The summed E-state index contributed by atoms with van der Waals surface area (Å²) >= 11 is 6.80. The van der Waals surface area contributed by atoms with Crippen LogP contribution in [0.4, 0.5) is 5.82 Å². The third kappa shape index (κ3) is 4.65. The van der Waals surface area contributed by atoms with E-state index in [0.717, 1.165) is 42.6 Å². The molecule has 35 heavy (non-hydrogen) atoms. The summed E-state index contributed by atoms with van der Waals surface area (Å²) in [6.07, 6.45) is 5.53. The number of carbonyl (C=O) groups excluding carboxylic acids is 1. The van der Waals surface area contributed by atoms with E-state index < -0.39 is 0 Å². The molecule has 0 atom stereocenters. The van der Waals surface area contributed by atoms with Crippen LogP contribution in [0.3, 0.4) is 0 Å². The molecule has 0 spiro atoms. The van der Waals surface area contributed by atoms with Gasteiger partial charge in [0.05, 0.1) is 17.0 Å². The minimum absolute atomic E-state index is 0.170. The molecule has 2 saturated heterocycles. The molecule has 1 aromatic carbocycles. The van der Waals surface area contributed by atoms with Crippen molar-refractivity contribution in [3.8, 4) is 0 Å². The first-order chi connectivity index (χ1) is 16.8. The van der Waals surface area contributed by atoms with Gasteiger partial charge in [-0.1, -0.05) is 66.8 Å². The number of thiocarbonyl (C=S) groups is 1. The van der Waals surface area contributed by atoms with Gasteiger partial charge in [0.2, 0.25) is 0 Å². The van der Waals surface area contributed by atoms with Gasteiger partial charge >= 0.3 is 0 Å². The normalized spacial score (nSPS) is 18.3. The first kappa shape index (κ1) is 23.8. The first-order valence-electron chi connectivity index (χ1n) is 11.9. The highest BCUT2D eigenvalue weighted by Crippen LogP contribution is 2.35. The molecule has 3 aromatic rings.